The van der Waals surface area contributed by atoms with Gasteiger partial charge in [0, 0.05) is 31.8 Å². The lowest BCUT2D eigenvalue weighted by Crippen LogP contribution is -2.45. The number of allylic oxidation sites excluding steroid dienone is 3. The van der Waals surface area contributed by atoms with Crippen molar-refractivity contribution in [2.45, 2.75) is 0 Å². The van der Waals surface area contributed by atoms with Crippen LogP contribution >= 0.6 is 0 Å². The largest absolute Gasteiger partial charge is 0.460 e. The van der Waals surface area contributed by atoms with Crippen LogP contribution in [0.15, 0.2) is 23.8 Å². The molecular formula is C13H16N2O4. The van der Waals surface area contributed by atoms with Crippen LogP contribution in [0.25, 0.3) is 0 Å². The molecule has 102 valence electrons. The number of ether oxygens (including phenoxy) is 1. The fourth-order valence-corrected chi connectivity index (χ4v) is 1.92. The standard InChI is InChI=1S/C13H16N2O4/c16-11-1-2-12(17)10(7-11)9-19-13(18)8-15-5-3-14-4-6-15/h1-2,7,14H,3-6,8-9H2. The van der Waals surface area contributed by atoms with Gasteiger partial charge in [-0.15, -0.1) is 0 Å². The summed E-state index contributed by atoms with van der Waals surface area (Å²) in [7, 11) is 0. The van der Waals surface area contributed by atoms with Crippen LogP contribution in [0.5, 0.6) is 0 Å². The number of nitrogens with one attached hydrogen (secondary N) is 1. The fourth-order valence-electron chi connectivity index (χ4n) is 1.92. The van der Waals surface area contributed by atoms with Crippen LogP contribution < -0.4 is 5.32 Å². The quantitative estimate of drug-likeness (QED) is 0.522. The number of carbonyl (C=O) groups excluding carboxylic acids is 3. The maximum atomic E-state index is 11.6. The van der Waals surface area contributed by atoms with Crippen LogP contribution in [0.4, 0.5) is 0 Å². The second-order valence-electron chi connectivity index (χ2n) is 4.46. The lowest BCUT2D eigenvalue weighted by atomic mass is 10.1. The van der Waals surface area contributed by atoms with Gasteiger partial charge in [-0.3, -0.25) is 19.3 Å². The zero-order valence-corrected chi connectivity index (χ0v) is 10.6. The van der Waals surface area contributed by atoms with E-state index in [4.69, 9.17) is 4.74 Å². The Bertz CT molecular complexity index is 448. The summed E-state index contributed by atoms with van der Waals surface area (Å²) in [6.07, 6.45) is 3.61. The van der Waals surface area contributed by atoms with E-state index < -0.39 is 0 Å². The highest BCUT2D eigenvalue weighted by molar-refractivity contribution is 6.17. The van der Waals surface area contributed by atoms with Crippen LogP contribution in [-0.4, -0.2) is 61.8 Å². The van der Waals surface area contributed by atoms with Crippen LogP contribution in [0.3, 0.4) is 0 Å². The van der Waals surface area contributed by atoms with E-state index in [1.54, 1.807) is 0 Å². The smallest absolute Gasteiger partial charge is 0.320 e. The van der Waals surface area contributed by atoms with Crippen molar-refractivity contribution in [3.8, 4) is 0 Å². The van der Waals surface area contributed by atoms with Gasteiger partial charge in [-0.1, -0.05) is 0 Å². The van der Waals surface area contributed by atoms with Gasteiger partial charge in [-0.2, -0.15) is 0 Å². The Kier molecular flexibility index (Phi) is 4.59. The average molecular weight is 264 g/mol. The first-order chi connectivity index (χ1) is 9.15. The maximum Gasteiger partial charge on any atom is 0.320 e. The number of esters is 1. The SMILES string of the molecule is O=C1C=CC(=O)C(COC(=O)CN2CCNCC2)=C1. The van der Waals surface area contributed by atoms with Crippen molar-refractivity contribution in [3.05, 3.63) is 23.8 Å². The summed E-state index contributed by atoms with van der Waals surface area (Å²) >= 11 is 0. The average Bonchev–Trinajstić information content (AvgIpc) is 2.41. The van der Waals surface area contributed by atoms with Crippen LogP contribution in [0.2, 0.25) is 0 Å². The highest BCUT2D eigenvalue weighted by Gasteiger charge is 2.17. The van der Waals surface area contributed by atoms with Gasteiger partial charge in [0.05, 0.1) is 6.54 Å². The van der Waals surface area contributed by atoms with E-state index in [-0.39, 0.29) is 36.3 Å². The molecule has 0 spiro atoms. The molecular weight excluding hydrogens is 248 g/mol. The minimum absolute atomic E-state index is 0.139. The van der Waals surface area contributed by atoms with Gasteiger partial charge in [0.25, 0.3) is 0 Å². The highest BCUT2D eigenvalue weighted by Crippen LogP contribution is 2.06. The minimum atomic E-state index is -0.377. The van der Waals surface area contributed by atoms with Gasteiger partial charge < -0.3 is 10.1 Å². The molecule has 2 aliphatic rings. The van der Waals surface area contributed by atoms with E-state index >= 15 is 0 Å². The highest BCUT2D eigenvalue weighted by atomic mass is 16.5. The van der Waals surface area contributed by atoms with Crippen molar-refractivity contribution in [3.63, 3.8) is 0 Å². The molecule has 0 amide bonds. The molecule has 1 saturated heterocycles. The third kappa shape index (κ3) is 4.11. The zero-order valence-electron chi connectivity index (χ0n) is 10.6. The van der Waals surface area contributed by atoms with Crippen LogP contribution in [0, 0.1) is 0 Å². The summed E-state index contributed by atoms with van der Waals surface area (Å²) in [6.45, 7) is 3.40. The fraction of sp³-hybridized carbons (Fsp3) is 0.462. The van der Waals surface area contributed by atoms with Crippen molar-refractivity contribution in [2.24, 2.45) is 0 Å². The monoisotopic (exact) mass is 264 g/mol. The summed E-state index contributed by atoms with van der Waals surface area (Å²) in [6, 6.07) is 0. The molecule has 0 aromatic rings. The number of piperazine rings is 1. The summed E-state index contributed by atoms with van der Waals surface area (Å²) in [5, 5.41) is 3.19. The van der Waals surface area contributed by atoms with Crippen molar-refractivity contribution >= 4 is 17.5 Å². The van der Waals surface area contributed by atoms with Gasteiger partial charge in [0.15, 0.2) is 11.6 Å². The van der Waals surface area contributed by atoms with E-state index in [1.165, 1.54) is 18.2 Å². The van der Waals surface area contributed by atoms with Crippen molar-refractivity contribution < 1.29 is 19.1 Å². The van der Waals surface area contributed by atoms with E-state index in [2.05, 4.69) is 5.32 Å². The summed E-state index contributed by atoms with van der Waals surface area (Å²) < 4.78 is 5.03. The van der Waals surface area contributed by atoms with E-state index in [0.717, 1.165) is 26.2 Å². The number of nitrogens with zero attached hydrogens (tertiary/aromatic N) is 1. The molecule has 6 nitrogen and oxygen atoms in total. The lowest BCUT2D eigenvalue weighted by molar-refractivity contribution is -0.144. The van der Waals surface area contributed by atoms with Gasteiger partial charge in [-0.05, 0) is 18.2 Å². The van der Waals surface area contributed by atoms with E-state index in [1.807, 2.05) is 4.90 Å². The van der Waals surface area contributed by atoms with Gasteiger partial charge in [0.1, 0.15) is 6.61 Å². The Morgan fingerprint density at radius 1 is 1.26 bits per heavy atom. The molecule has 0 radical (unpaired) electrons. The first-order valence-corrected chi connectivity index (χ1v) is 6.21. The first kappa shape index (κ1) is 13.6. The summed E-state index contributed by atoms with van der Waals surface area (Å²) in [5.41, 5.74) is 0.223. The first-order valence-electron chi connectivity index (χ1n) is 6.21. The zero-order chi connectivity index (χ0) is 13.7. The molecule has 0 saturated carbocycles. The van der Waals surface area contributed by atoms with Crippen molar-refractivity contribution in [1.82, 2.24) is 10.2 Å². The molecule has 0 aromatic carbocycles. The molecule has 0 bridgehead atoms. The Hall–Kier alpha value is -1.79. The maximum absolute atomic E-state index is 11.6. The number of ketones is 2. The molecule has 19 heavy (non-hydrogen) atoms. The van der Waals surface area contributed by atoms with Gasteiger partial charge >= 0.3 is 5.97 Å². The third-order valence-corrected chi connectivity index (χ3v) is 2.98. The lowest BCUT2D eigenvalue weighted by Gasteiger charge is -2.26. The topological polar surface area (TPSA) is 75.7 Å². The minimum Gasteiger partial charge on any atom is -0.460 e. The Morgan fingerprint density at radius 3 is 2.74 bits per heavy atom. The van der Waals surface area contributed by atoms with E-state index in [9.17, 15) is 14.4 Å². The molecule has 0 aromatic heterocycles. The second-order valence-corrected chi connectivity index (χ2v) is 4.46. The second kappa shape index (κ2) is 6.40. The molecule has 1 aliphatic heterocycles. The number of hydrogen-bond donors (Lipinski definition) is 1. The summed E-state index contributed by atoms with van der Waals surface area (Å²) in [5.74, 6) is -0.917. The van der Waals surface area contributed by atoms with Crippen molar-refractivity contribution in [2.75, 3.05) is 39.3 Å². The Labute approximate surface area is 111 Å². The van der Waals surface area contributed by atoms with Gasteiger partial charge in [0.2, 0.25) is 0 Å². The third-order valence-electron chi connectivity index (χ3n) is 2.98. The van der Waals surface area contributed by atoms with Crippen LogP contribution in [0.1, 0.15) is 0 Å². The number of carbonyl (C=O) groups is 3. The van der Waals surface area contributed by atoms with E-state index in [0.29, 0.717) is 0 Å². The molecule has 0 unspecified atom stereocenters. The van der Waals surface area contributed by atoms with Crippen LogP contribution in [-0.2, 0) is 19.1 Å². The molecule has 1 heterocycles. The molecule has 0 atom stereocenters. The number of rotatable bonds is 4. The Morgan fingerprint density at radius 2 is 2.00 bits per heavy atom. The molecule has 1 N–H and O–H groups in total. The molecule has 1 aliphatic carbocycles. The molecule has 1 fully saturated rings. The normalized spacial score (nSPS) is 20.3. The van der Waals surface area contributed by atoms with Gasteiger partial charge in [-0.25, -0.2) is 0 Å². The predicted molar refractivity (Wildman–Crippen MR) is 67.5 cm³/mol. The van der Waals surface area contributed by atoms with Crippen molar-refractivity contribution in [1.29, 1.82) is 0 Å². The molecule has 2 rings (SSSR count). The molecule has 6 heteroatoms. The number of hydrogen-bond acceptors (Lipinski definition) is 6. The Balaban J connectivity index is 1.77. The predicted octanol–water partition coefficient (Wildman–Crippen LogP) is -0.931. The summed E-state index contributed by atoms with van der Waals surface area (Å²) in [4.78, 5) is 36.1.